The van der Waals surface area contributed by atoms with Crippen LogP contribution in [0.2, 0.25) is 0 Å². The molecule has 0 unspecified atom stereocenters. The Morgan fingerprint density at radius 2 is 1.71 bits per heavy atom. The second-order valence-electron chi connectivity index (χ2n) is 9.04. The lowest BCUT2D eigenvalue weighted by Gasteiger charge is -2.41. The van der Waals surface area contributed by atoms with Crippen LogP contribution in [-0.4, -0.2) is 56.3 Å². The largest absolute Gasteiger partial charge is 0.369 e. The number of nitrogens with zero attached hydrogens (tertiary/aromatic N) is 7. The highest BCUT2D eigenvalue weighted by atomic mass is 15.6. The van der Waals surface area contributed by atoms with E-state index in [1.807, 2.05) is 17.1 Å². The van der Waals surface area contributed by atoms with Gasteiger partial charge in [0, 0.05) is 44.3 Å². The maximum Gasteiger partial charge on any atom is 0.173 e. The van der Waals surface area contributed by atoms with Crippen molar-refractivity contribution in [3.63, 3.8) is 0 Å². The number of aryl methyl sites for hydroxylation is 1. The van der Waals surface area contributed by atoms with E-state index in [-0.39, 0.29) is 11.6 Å². The van der Waals surface area contributed by atoms with Crippen molar-refractivity contribution in [2.75, 3.05) is 31.1 Å². The third-order valence-corrected chi connectivity index (χ3v) is 6.79. The van der Waals surface area contributed by atoms with Crippen LogP contribution < -0.4 is 4.90 Å². The highest BCUT2D eigenvalue weighted by Crippen LogP contribution is 2.32. The molecule has 1 aliphatic rings. The Hall–Kier alpha value is -2.80. The third kappa shape index (κ3) is 4.19. The quantitative estimate of drug-likeness (QED) is 0.606. The molecule has 0 bridgehead atoms. The van der Waals surface area contributed by atoms with Gasteiger partial charge in [-0.1, -0.05) is 19.1 Å². The van der Waals surface area contributed by atoms with E-state index < -0.39 is 0 Å². The Balaban J connectivity index is 1.63. The molecule has 1 aromatic carbocycles. The van der Waals surface area contributed by atoms with E-state index in [0.29, 0.717) is 0 Å². The molecule has 31 heavy (non-hydrogen) atoms. The highest BCUT2D eigenvalue weighted by molar-refractivity contribution is 5.56. The number of pyridine rings is 1. The molecular formula is C24H33N7. The maximum atomic E-state index is 4.51. The number of tetrazole rings is 1. The molecule has 3 aromatic rings. The standard InChI is InChI=1S/C24H33N7/c1-6-24(4,5)31-23(26-27-28-31)22(20-10-12-25-13-11-20)30-16-14-29(15-17-30)21-9-7-8-18(2)19(21)3/h7-13,22H,6,14-17H2,1-5H3/t22-/m0/s1. The zero-order valence-electron chi connectivity index (χ0n) is 19.3. The van der Waals surface area contributed by atoms with Crippen LogP contribution in [-0.2, 0) is 5.54 Å². The number of rotatable bonds is 6. The lowest BCUT2D eigenvalue weighted by molar-refractivity contribution is 0.187. The van der Waals surface area contributed by atoms with Crippen LogP contribution in [0, 0.1) is 13.8 Å². The first-order valence-corrected chi connectivity index (χ1v) is 11.2. The van der Waals surface area contributed by atoms with Gasteiger partial charge in [-0.2, -0.15) is 0 Å². The van der Waals surface area contributed by atoms with Gasteiger partial charge < -0.3 is 4.90 Å². The molecule has 0 aliphatic carbocycles. The molecule has 0 radical (unpaired) electrons. The van der Waals surface area contributed by atoms with Gasteiger partial charge in [-0.15, -0.1) is 5.10 Å². The Labute approximate surface area is 185 Å². The summed E-state index contributed by atoms with van der Waals surface area (Å²) in [5.41, 5.74) is 5.09. The summed E-state index contributed by atoms with van der Waals surface area (Å²) in [6.07, 6.45) is 4.66. The fourth-order valence-corrected chi connectivity index (χ4v) is 4.31. The monoisotopic (exact) mass is 419 g/mol. The Morgan fingerprint density at radius 3 is 2.39 bits per heavy atom. The lowest BCUT2D eigenvalue weighted by Crippen LogP contribution is -2.49. The lowest BCUT2D eigenvalue weighted by atomic mass is 9.99. The van der Waals surface area contributed by atoms with Crippen LogP contribution in [0.5, 0.6) is 0 Å². The number of anilines is 1. The van der Waals surface area contributed by atoms with Crippen molar-refractivity contribution in [3.05, 3.63) is 65.2 Å². The van der Waals surface area contributed by atoms with Gasteiger partial charge in [0.05, 0.1) is 11.6 Å². The molecule has 0 spiro atoms. The zero-order chi connectivity index (χ0) is 22.0. The van der Waals surface area contributed by atoms with Gasteiger partial charge in [0.25, 0.3) is 0 Å². The van der Waals surface area contributed by atoms with Crippen molar-refractivity contribution >= 4 is 5.69 Å². The zero-order valence-corrected chi connectivity index (χ0v) is 19.3. The summed E-state index contributed by atoms with van der Waals surface area (Å²) in [7, 11) is 0. The third-order valence-electron chi connectivity index (χ3n) is 6.79. The van der Waals surface area contributed by atoms with E-state index in [1.165, 1.54) is 22.4 Å². The van der Waals surface area contributed by atoms with Gasteiger partial charge in [0.1, 0.15) is 0 Å². The minimum Gasteiger partial charge on any atom is -0.369 e. The first-order valence-electron chi connectivity index (χ1n) is 11.2. The number of piperazine rings is 1. The van der Waals surface area contributed by atoms with Crippen LogP contribution >= 0.6 is 0 Å². The van der Waals surface area contributed by atoms with Crippen LogP contribution in [0.1, 0.15) is 55.7 Å². The van der Waals surface area contributed by atoms with E-state index in [0.717, 1.165) is 38.4 Å². The summed E-state index contributed by atoms with van der Waals surface area (Å²) >= 11 is 0. The minimum absolute atomic E-state index is 0.00424. The molecule has 164 valence electrons. The Kier molecular flexibility index (Phi) is 6.05. The fourth-order valence-electron chi connectivity index (χ4n) is 4.31. The molecule has 0 amide bonds. The average Bonchev–Trinajstić information content (AvgIpc) is 3.28. The van der Waals surface area contributed by atoms with E-state index in [9.17, 15) is 0 Å². The molecule has 7 nitrogen and oxygen atoms in total. The van der Waals surface area contributed by atoms with Crippen LogP contribution in [0.3, 0.4) is 0 Å². The normalized spacial score (nSPS) is 16.5. The van der Waals surface area contributed by atoms with Crippen LogP contribution in [0.15, 0.2) is 42.7 Å². The van der Waals surface area contributed by atoms with Gasteiger partial charge in [-0.05, 0) is 79.4 Å². The molecule has 2 aromatic heterocycles. The Morgan fingerprint density at radius 1 is 1.00 bits per heavy atom. The SMILES string of the molecule is CCC(C)(C)n1nnnc1[C@H](c1ccncc1)N1CCN(c2cccc(C)c2C)CC1. The average molecular weight is 420 g/mol. The maximum absolute atomic E-state index is 4.51. The molecule has 1 aliphatic heterocycles. The Bertz CT molecular complexity index is 1000. The van der Waals surface area contributed by atoms with Gasteiger partial charge in [-0.3, -0.25) is 9.88 Å². The second-order valence-corrected chi connectivity index (χ2v) is 9.04. The summed E-state index contributed by atoms with van der Waals surface area (Å²) in [6.45, 7) is 14.8. The van der Waals surface area contributed by atoms with Crippen molar-refractivity contribution in [2.24, 2.45) is 0 Å². The van der Waals surface area contributed by atoms with Crippen molar-refractivity contribution in [1.29, 1.82) is 0 Å². The first kappa shape index (κ1) is 21.4. The van der Waals surface area contributed by atoms with Crippen molar-refractivity contribution in [1.82, 2.24) is 30.1 Å². The highest BCUT2D eigenvalue weighted by Gasteiger charge is 2.34. The van der Waals surface area contributed by atoms with E-state index in [4.69, 9.17) is 0 Å². The number of aromatic nitrogens is 5. The molecule has 0 N–H and O–H groups in total. The van der Waals surface area contributed by atoms with Crippen molar-refractivity contribution in [2.45, 2.75) is 52.6 Å². The van der Waals surface area contributed by atoms with Gasteiger partial charge >= 0.3 is 0 Å². The minimum atomic E-state index is -0.148. The molecular weight excluding hydrogens is 386 g/mol. The molecule has 7 heteroatoms. The van der Waals surface area contributed by atoms with Crippen LogP contribution in [0.25, 0.3) is 0 Å². The molecule has 1 saturated heterocycles. The second kappa shape index (κ2) is 8.75. The number of hydrogen-bond acceptors (Lipinski definition) is 6. The number of benzene rings is 1. The predicted octanol–water partition coefficient (Wildman–Crippen LogP) is 3.74. The summed E-state index contributed by atoms with van der Waals surface area (Å²) < 4.78 is 2.01. The van der Waals surface area contributed by atoms with Gasteiger partial charge in [0.2, 0.25) is 0 Å². The number of hydrogen-bond donors (Lipinski definition) is 0. The summed E-state index contributed by atoms with van der Waals surface area (Å²) in [5, 5.41) is 13.0. The molecule has 0 saturated carbocycles. The van der Waals surface area contributed by atoms with Crippen molar-refractivity contribution in [3.8, 4) is 0 Å². The van der Waals surface area contributed by atoms with E-state index >= 15 is 0 Å². The molecule has 1 atom stereocenters. The van der Waals surface area contributed by atoms with Gasteiger partial charge in [0.15, 0.2) is 5.82 Å². The fraction of sp³-hybridized carbons (Fsp3) is 0.500. The van der Waals surface area contributed by atoms with Gasteiger partial charge in [-0.25, -0.2) is 4.68 Å². The topological polar surface area (TPSA) is 63.0 Å². The predicted molar refractivity (Wildman–Crippen MR) is 123 cm³/mol. The first-order chi connectivity index (χ1) is 14.9. The summed E-state index contributed by atoms with van der Waals surface area (Å²) in [5.74, 6) is 0.901. The van der Waals surface area contributed by atoms with E-state index in [1.54, 1.807) is 0 Å². The molecule has 3 heterocycles. The van der Waals surface area contributed by atoms with E-state index in [2.05, 4.69) is 95.3 Å². The smallest absolute Gasteiger partial charge is 0.173 e. The summed E-state index contributed by atoms with van der Waals surface area (Å²) in [6, 6.07) is 10.8. The molecule has 4 rings (SSSR count). The van der Waals surface area contributed by atoms with Crippen LogP contribution in [0.4, 0.5) is 5.69 Å². The van der Waals surface area contributed by atoms with Crippen molar-refractivity contribution < 1.29 is 0 Å². The summed E-state index contributed by atoms with van der Waals surface area (Å²) in [4.78, 5) is 9.23. The molecule has 1 fully saturated rings.